The minimum atomic E-state index is -1.27. The van der Waals surface area contributed by atoms with Crippen molar-refractivity contribution in [3.8, 4) is 0 Å². The van der Waals surface area contributed by atoms with Gasteiger partial charge in [-0.25, -0.2) is 0 Å². The fraction of sp³-hybridized carbons (Fsp3) is 0.727. The smallest absolute Gasteiger partial charge is 0.314 e. The molecule has 0 spiro atoms. The van der Waals surface area contributed by atoms with Crippen LogP contribution in [-0.2, 0) is 19.0 Å². The summed E-state index contributed by atoms with van der Waals surface area (Å²) in [6.45, 7) is 0.121. The minimum Gasteiger partial charge on any atom is -0.469 e. The largest absolute Gasteiger partial charge is 0.469 e. The molecule has 0 amide bonds. The van der Waals surface area contributed by atoms with E-state index in [1.807, 2.05) is 0 Å². The Labute approximate surface area is 97.8 Å². The molecule has 2 saturated heterocycles. The molecule has 0 bridgehead atoms. The molecule has 2 aliphatic heterocycles. The summed E-state index contributed by atoms with van der Waals surface area (Å²) in [5.41, 5.74) is -1.10. The van der Waals surface area contributed by atoms with Crippen LogP contribution >= 0.6 is 0 Å². The molecule has 0 aromatic carbocycles. The van der Waals surface area contributed by atoms with Gasteiger partial charge in [0.25, 0.3) is 0 Å². The Morgan fingerprint density at radius 3 is 3.06 bits per heavy atom. The molecule has 6 atom stereocenters. The standard InChI is InChI=1S/C11H14O6/c1-15-8(12)6-5-2-3-11(14)4-16-10(7(5)11)17-9(6)13/h2-3,5-7,9-10,13-14H,4H2,1H3/t5-,6+,7-,9+,10+,11+/m1/s1. The number of carbonyl (C=O) groups is 1. The molecule has 94 valence electrons. The van der Waals surface area contributed by atoms with E-state index < -0.39 is 30.1 Å². The van der Waals surface area contributed by atoms with Gasteiger partial charge in [-0.05, 0) is 0 Å². The monoisotopic (exact) mass is 242 g/mol. The number of ether oxygens (including phenoxy) is 3. The highest BCUT2D eigenvalue weighted by molar-refractivity contribution is 5.74. The van der Waals surface area contributed by atoms with Crippen molar-refractivity contribution in [3.05, 3.63) is 12.2 Å². The molecule has 0 aromatic heterocycles. The van der Waals surface area contributed by atoms with E-state index in [0.29, 0.717) is 0 Å². The molecular weight excluding hydrogens is 228 g/mol. The molecule has 6 nitrogen and oxygen atoms in total. The number of esters is 1. The SMILES string of the molecule is COC(=O)[C@@H]1[C@H]2C=C[C@]3(O)CO[C@@H](O[C@@H]1O)[C@@H]23. The maximum atomic E-state index is 11.6. The van der Waals surface area contributed by atoms with Gasteiger partial charge in [-0.1, -0.05) is 12.2 Å². The maximum Gasteiger partial charge on any atom is 0.314 e. The number of hydrogen-bond acceptors (Lipinski definition) is 6. The fourth-order valence-corrected chi connectivity index (χ4v) is 3.01. The highest BCUT2D eigenvalue weighted by Gasteiger charge is 2.61. The van der Waals surface area contributed by atoms with Crippen molar-refractivity contribution in [2.24, 2.45) is 17.8 Å². The molecule has 2 N–H and O–H groups in total. The summed E-state index contributed by atoms with van der Waals surface area (Å²) in [6.07, 6.45) is 1.43. The zero-order valence-corrected chi connectivity index (χ0v) is 9.28. The molecule has 3 rings (SSSR count). The molecule has 3 aliphatic rings. The fourth-order valence-electron chi connectivity index (χ4n) is 3.01. The number of aliphatic hydroxyl groups is 2. The molecule has 1 aliphatic carbocycles. The molecule has 0 saturated carbocycles. The lowest BCUT2D eigenvalue weighted by Gasteiger charge is -2.39. The van der Waals surface area contributed by atoms with Crippen molar-refractivity contribution >= 4 is 5.97 Å². The summed E-state index contributed by atoms with van der Waals surface area (Å²) in [5, 5.41) is 20.1. The van der Waals surface area contributed by atoms with E-state index in [0.717, 1.165) is 0 Å². The summed E-state index contributed by atoms with van der Waals surface area (Å²) in [5.74, 6) is -2.02. The Bertz CT molecular complexity index is 380. The van der Waals surface area contributed by atoms with E-state index in [1.54, 1.807) is 12.2 Å². The first-order valence-electron chi connectivity index (χ1n) is 5.51. The van der Waals surface area contributed by atoms with Gasteiger partial charge in [-0.2, -0.15) is 0 Å². The summed E-state index contributed by atoms with van der Waals surface area (Å²) in [7, 11) is 1.26. The second-order valence-corrected chi connectivity index (χ2v) is 4.71. The molecule has 0 unspecified atom stereocenters. The number of allylic oxidation sites excluding steroid dienone is 1. The number of hydrogen-bond donors (Lipinski definition) is 2. The third-order valence-electron chi connectivity index (χ3n) is 3.84. The van der Waals surface area contributed by atoms with Gasteiger partial charge in [-0.15, -0.1) is 0 Å². The Kier molecular flexibility index (Phi) is 2.31. The predicted molar refractivity (Wildman–Crippen MR) is 53.4 cm³/mol. The van der Waals surface area contributed by atoms with Crippen LogP contribution in [0.15, 0.2) is 12.2 Å². The molecule has 6 heteroatoms. The average Bonchev–Trinajstić information content (AvgIpc) is 2.80. The Morgan fingerprint density at radius 2 is 2.35 bits per heavy atom. The lowest BCUT2D eigenvalue weighted by molar-refractivity contribution is -0.280. The zero-order chi connectivity index (χ0) is 12.2. The summed E-state index contributed by atoms with van der Waals surface area (Å²) >= 11 is 0. The average molecular weight is 242 g/mol. The summed E-state index contributed by atoms with van der Waals surface area (Å²) < 4.78 is 15.2. The maximum absolute atomic E-state index is 11.6. The Hall–Kier alpha value is -0.950. The zero-order valence-electron chi connectivity index (χ0n) is 9.28. The van der Waals surface area contributed by atoms with Crippen LogP contribution in [0.1, 0.15) is 0 Å². The van der Waals surface area contributed by atoms with Gasteiger partial charge in [0.15, 0.2) is 12.6 Å². The Balaban J connectivity index is 1.95. The van der Waals surface area contributed by atoms with Gasteiger partial charge < -0.3 is 24.4 Å². The normalized spacial score (nSPS) is 51.4. The van der Waals surface area contributed by atoms with E-state index in [9.17, 15) is 15.0 Å². The molecule has 0 aromatic rings. The van der Waals surface area contributed by atoms with Crippen LogP contribution in [0.4, 0.5) is 0 Å². The van der Waals surface area contributed by atoms with E-state index in [1.165, 1.54) is 7.11 Å². The lowest BCUT2D eigenvalue weighted by atomic mass is 9.77. The van der Waals surface area contributed by atoms with Gasteiger partial charge in [0.2, 0.25) is 0 Å². The van der Waals surface area contributed by atoms with Gasteiger partial charge in [0.1, 0.15) is 11.5 Å². The van der Waals surface area contributed by atoms with Crippen LogP contribution in [0.25, 0.3) is 0 Å². The highest BCUT2D eigenvalue weighted by atomic mass is 16.7. The molecule has 0 radical (unpaired) electrons. The van der Waals surface area contributed by atoms with Crippen LogP contribution in [0.2, 0.25) is 0 Å². The molecule has 17 heavy (non-hydrogen) atoms. The van der Waals surface area contributed by atoms with Crippen molar-refractivity contribution < 1.29 is 29.2 Å². The lowest BCUT2D eigenvalue weighted by Crippen LogP contribution is -2.51. The second kappa shape index (κ2) is 3.52. The van der Waals surface area contributed by atoms with E-state index in [2.05, 4.69) is 4.74 Å². The quantitative estimate of drug-likeness (QED) is 0.454. The van der Waals surface area contributed by atoms with E-state index >= 15 is 0 Å². The molecule has 2 heterocycles. The van der Waals surface area contributed by atoms with Gasteiger partial charge >= 0.3 is 5.97 Å². The van der Waals surface area contributed by atoms with Crippen LogP contribution in [0.3, 0.4) is 0 Å². The Morgan fingerprint density at radius 1 is 1.59 bits per heavy atom. The number of methoxy groups -OCH3 is 1. The topological polar surface area (TPSA) is 85.2 Å². The first-order valence-corrected chi connectivity index (χ1v) is 5.51. The number of carbonyl (C=O) groups excluding carboxylic acids is 1. The third kappa shape index (κ3) is 1.38. The molecule has 2 fully saturated rings. The summed E-state index contributed by atoms with van der Waals surface area (Å²) in [6, 6.07) is 0. The van der Waals surface area contributed by atoms with Crippen LogP contribution in [-0.4, -0.2) is 48.1 Å². The van der Waals surface area contributed by atoms with Gasteiger partial charge in [-0.3, -0.25) is 4.79 Å². The van der Waals surface area contributed by atoms with Crippen molar-refractivity contribution in [2.45, 2.75) is 18.2 Å². The highest BCUT2D eigenvalue weighted by Crippen LogP contribution is 2.50. The summed E-state index contributed by atoms with van der Waals surface area (Å²) in [4.78, 5) is 11.6. The van der Waals surface area contributed by atoms with Crippen molar-refractivity contribution in [2.75, 3.05) is 13.7 Å². The van der Waals surface area contributed by atoms with Crippen molar-refractivity contribution in [1.82, 2.24) is 0 Å². The van der Waals surface area contributed by atoms with E-state index in [-0.39, 0.29) is 18.4 Å². The second-order valence-electron chi connectivity index (χ2n) is 4.71. The number of aliphatic hydroxyl groups excluding tert-OH is 1. The predicted octanol–water partition coefficient (Wildman–Crippen LogP) is -0.986. The van der Waals surface area contributed by atoms with Crippen LogP contribution in [0.5, 0.6) is 0 Å². The van der Waals surface area contributed by atoms with Crippen LogP contribution in [0, 0.1) is 17.8 Å². The first-order chi connectivity index (χ1) is 8.07. The third-order valence-corrected chi connectivity index (χ3v) is 3.84. The minimum absolute atomic E-state index is 0.121. The van der Waals surface area contributed by atoms with Gasteiger partial charge in [0, 0.05) is 5.92 Å². The first kappa shape index (κ1) is 11.2. The van der Waals surface area contributed by atoms with Crippen molar-refractivity contribution in [3.63, 3.8) is 0 Å². The van der Waals surface area contributed by atoms with Crippen LogP contribution < -0.4 is 0 Å². The number of rotatable bonds is 1. The van der Waals surface area contributed by atoms with E-state index in [4.69, 9.17) is 9.47 Å². The molecular formula is C11H14O6. The van der Waals surface area contributed by atoms with Crippen molar-refractivity contribution in [1.29, 1.82) is 0 Å². The van der Waals surface area contributed by atoms with Gasteiger partial charge in [0.05, 0.1) is 19.6 Å².